The summed E-state index contributed by atoms with van der Waals surface area (Å²) in [6.07, 6.45) is 1.01. The van der Waals surface area contributed by atoms with Crippen LogP contribution in [-0.4, -0.2) is 35.8 Å². The molecular formula is C14H18N4O. The first-order chi connectivity index (χ1) is 9.29. The number of aromatic nitrogens is 2. The molecule has 0 amide bonds. The number of morpholine rings is 1. The van der Waals surface area contributed by atoms with Crippen LogP contribution in [-0.2, 0) is 4.74 Å². The Kier molecular flexibility index (Phi) is 3.21. The molecule has 1 saturated heterocycles. The van der Waals surface area contributed by atoms with Gasteiger partial charge < -0.3 is 15.4 Å². The van der Waals surface area contributed by atoms with Crippen LogP contribution >= 0.6 is 0 Å². The molecule has 0 spiro atoms. The number of fused-ring (bicyclic) bond motifs is 1. The summed E-state index contributed by atoms with van der Waals surface area (Å²) in [5.74, 6) is 1.29. The summed E-state index contributed by atoms with van der Waals surface area (Å²) in [6, 6.07) is 8.13. The lowest BCUT2D eigenvalue weighted by Crippen LogP contribution is -2.46. The van der Waals surface area contributed by atoms with Gasteiger partial charge in [-0.15, -0.1) is 0 Å². The van der Waals surface area contributed by atoms with Crippen molar-refractivity contribution in [1.82, 2.24) is 9.97 Å². The Hall–Kier alpha value is -1.88. The molecule has 2 heterocycles. The quantitative estimate of drug-likeness (QED) is 0.890. The molecule has 0 saturated carbocycles. The lowest BCUT2D eigenvalue weighted by molar-refractivity contribution is 0.0926. The third-order valence-corrected chi connectivity index (χ3v) is 3.55. The maximum Gasteiger partial charge on any atom is 0.172 e. The van der Waals surface area contributed by atoms with E-state index >= 15 is 0 Å². The molecule has 1 aromatic heterocycles. The molecule has 5 heteroatoms. The number of rotatable bonds is 2. The van der Waals surface area contributed by atoms with Crippen molar-refractivity contribution in [3.63, 3.8) is 0 Å². The number of nitrogens with two attached hydrogens (primary N) is 1. The zero-order valence-electron chi connectivity index (χ0n) is 11.0. The molecule has 0 bridgehead atoms. The maximum absolute atomic E-state index is 6.08. The van der Waals surface area contributed by atoms with Crippen LogP contribution in [0.2, 0.25) is 0 Å². The van der Waals surface area contributed by atoms with Crippen LogP contribution in [0.1, 0.15) is 13.3 Å². The normalized spacial score (nSPS) is 19.8. The molecule has 0 aliphatic carbocycles. The molecule has 2 N–H and O–H groups in total. The maximum atomic E-state index is 6.08. The van der Waals surface area contributed by atoms with Gasteiger partial charge in [0.05, 0.1) is 30.3 Å². The van der Waals surface area contributed by atoms with Gasteiger partial charge in [-0.25, -0.2) is 9.97 Å². The van der Waals surface area contributed by atoms with Crippen LogP contribution in [0.5, 0.6) is 0 Å². The smallest absolute Gasteiger partial charge is 0.172 e. The molecule has 3 rings (SSSR count). The number of para-hydroxylation sites is 2. The van der Waals surface area contributed by atoms with E-state index in [1.807, 2.05) is 24.3 Å². The number of ether oxygens (including phenoxy) is 1. The number of nitrogen functional groups attached to an aromatic ring is 1. The van der Waals surface area contributed by atoms with Crippen LogP contribution < -0.4 is 10.6 Å². The van der Waals surface area contributed by atoms with Gasteiger partial charge in [0.2, 0.25) is 0 Å². The summed E-state index contributed by atoms with van der Waals surface area (Å²) in [6.45, 7) is 4.40. The zero-order chi connectivity index (χ0) is 13.2. The highest BCUT2D eigenvalue weighted by atomic mass is 16.5. The summed E-state index contributed by atoms with van der Waals surface area (Å²) in [5, 5.41) is 0. The minimum Gasteiger partial charge on any atom is -0.381 e. The Morgan fingerprint density at radius 3 is 2.79 bits per heavy atom. The monoisotopic (exact) mass is 258 g/mol. The average molecular weight is 258 g/mol. The summed E-state index contributed by atoms with van der Waals surface area (Å²) in [4.78, 5) is 11.4. The van der Waals surface area contributed by atoms with E-state index in [-0.39, 0.29) is 0 Å². The summed E-state index contributed by atoms with van der Waals surface area (Å²) >= 11 is 0. The third kappa shape index (κ3) is 2.21. The molecule has 1 fully saturated rings. The van der Waals surface area contributed by atoms with Gasteiger partial charge in [0.15, 0.2) is 11.6 Å². The highest BCUT2D eigenvalue weighted by Gasteiger charge is 2.25. The minimum atomic E-state index is 0.325. The molecule has 1 aliphatic rings. The van der Waals surface area contributed by atoms with E-state index in [4.69, 9.17) is 10.5 Å². The minimum absolute atomic E-state index is 0.325. The SMILES string of the molecule is CCC1COCCN1c1nc2ccccc2nc1N. The van der Waals surface area contributed by atoms with Crippen LogP contribution in [0.15, 0.2) is 24.3 Å². The molecule has 1 aliphatic heterocycles. The highest BCUT2D eigenvalue weighted by Crippen LogP contribution is 2.26. The second kappa shape index (κ2) is 5.01. The van der Waals surface area contributed by atoms with Crippen LogP contribution in [0, 0.1) is 0 Å². The fraction of sp³-hybridized carbons (Fsp3) is 0.429. The van der Waals surface area contributed by atoms with Crippen molar-refractivity contribution in [3.05, 3.63) is 24.3 Å². The van der Waals surface area contributed by atoms with E-state index in [1.54, 1.807) is 0 Å². The van der Waals surface area contributed by atoms with Gasteiger partial charge >= 0.3 is 0 Å². The fourth-order valence-corrected chi connectivity index (χ4v) is 2.49. The summed E-state index contributed by atoms with van der Waals surface area (Å²) < 4.78 is 5.52. The Bertz CT molecular complexity index is 587. The van der Waals surface area contributed by atoms with E-state index in [0.717, 1.165) is 36.4 Å². The van der Waals surface area contributed by atoms with Gasteiger partial charge in [-0.2, -0.15) is 0 Å². The summed E-state index contributed by atoms with van der Waals surface area (Å²) in [5.41, 5.74) is 7.80. The first-order valence-corrected chi connectivity index (χ1v) is 6.66. The molecule has 1 unspecified atom stereocenters. The molecular weight excluding hydrogens is 240 g/mol. The first-order valence-electron chi connectivity index (χ1n) is 6.66. The lowest BCUT2D eigenvalue weighted by Gasteiger charge is -2.36. The lowest BCUT2D eigenvalue weighted by atomic mass is 10.1. The Labute approximate surface area is 112 Å². The van der Waals surface area contributed by atoms with Gasteiger partial charge in [0.1, 0.15) is 0 Å². The van der Waals surface area contributed by atoms with E-state index < -0.39 is 0 Å². The molecule has 19 heavy (non-hydrogen) atoms. The highest BCUT2D eigenvalue weighted by molar-refractivity contribution is 5.79. The third-order valence-electron chi connectivity index (χ3n) is 3.55. The summed E-state index contributed by atoms with van der Waals surface area (Å²) in [7, 11) is 0. The van der Waals surface area contributed by atoms with Crippen molar-refractivity contribution in [2.75, 3.05) is 30.4 Å². The topological polar surface area (TPSA) is 64.3 Å². The number of hydrogen-bond acceptors (Lipinski definition) is 5. The van der Waals surface area contributed by atoms with Crippen LogP contribution in [0.25, 0.3) is 11.0 Å². The van der Waals surface area contributed by atoms with Gasteiger partial charge in [-0.3, -0.25) is 0 Å². The Morgan fingerprint density at radius 2 is 2.05 bits per heavy atom. The second-order valence-corrected chi connectivity index (χ2v) is 4.75. The number of benzene rings is 1. The van der Waals surface area contributed by atoms with E-state index in [1.165, 1.54) is 0 Å². The molecule has 2 aromatic rings. The van der Waals surface area contributed by atoms with E-state index in [0.29, 0.717) is 18.5 Å². The van der Waals surface area contributed by atoms with Gasteiger partial charge in [0.25, 0.3) is 0 Å². The second-order valence-electron chi connectivity index (χ2n) is 4.75. The predicted octanol–water partition coefficient (Wildman–Crippen LogP) is 1.83. The molecule has 100 valence electrons. The zero-order valence-corrected chi connectivity index (χ0v) is 11.0. The average Bonchev–Trinajstić information content (AvgIpc) is 2.46. The molecule has 0 radical (unpaired) electrons. The van der Waals surface area contributed by atoms with Gasteiger partial charge in [-0.1, -0.05) is 19.1 Å². The predicted molar refractivity (Wildman–Crippen MR) is 76.2 cm³/mol. The van der Waals surface area contributed by atoms with Crippen LogP contribution in [0.4, 0.5) is 11.6 Å². The number of hydrogen-bond donors (Lipinski definition) is 1. The molecule has 1 atom stereocenters. The van der Waals surface area contributed by atoms with Crippen molar-refractivity contribution in [3.8, 4) is 0 Å². The van der Waals surface area contributed by atoms with Gasteiger partial charge in [0, 0.05) is 6.54 Å². The largest absolute Gasteiger partial charge is 0.381 e. The standard InChI is InChI=1S/C14H18N4O/c1-2-10-9-19-8-7-18(10)14-13(15)16-11-5-3-4-6-12(11)17-14/h3-6,10H,2,7-9H2,1H3,(H2,15,16). The van der Waals surface area contributed by atoms with E-state index in [9.17, 15) is 0 Å². The van der Waals surface area contributed by atoms with Crippen LogP contribution in [0.3, 0.4) is 0 Å². The Balaban J connectivity index is 2.05. The van der Waals surface area contributed by atoms with Crippen molar-refractivity contribution in [2.45, 2.75) is 19.4 Å². The van der Waals surface area contributed by atoms with E-state index in [2.05, 4.69) is 21.8 Å². The van der Waals surface area contributed by atoms with Crippen molar-refractivity contribution in [2.24, 2.45) is 0 Å². The fourth-order valence-electron chi connectivity index (χ4n) is 2.49. The van der Waals surface area contributed by atoms with Crippen molar-refractivity contribution >= 4 is 22.7 Å². The van der Waals surface area contributed by atoms with Gasteiger partial charge in [-0.05, 0) is 18.6 Å². The molecule has 5 nitrogen and oxygen atoms in total. The Morgan fingerprint density at radius 1 is 1.32 bits per heavy atom. The molecule has 1 aromatic carbocycles. The number of nitrogens with zero attached hydrogens (tertiary/aromatic N) is 3. The van der Waals surface area contributed by atoms with Crippen molar-refractivity contribution < 1.29 is 4.74 Å². The first kappa shape index (κ1) is 12.2. The number of anilines is 2. The van der Waals surface area contributed by atoms with Crippen molar-refractivity contribution in [1.29, 1.82) is 0 Å².